The number of carbonyl (C=O) groups excluding carboxylic acids is 1. The van der Waals surface area contributed by atoms with Crippen molar-refractivity contribution >= 4 is 22.5 Å². The zero-order valence-electron chi connectivity index (χ0n) is 14.0. The van der Waals surface area contributed by atoms with Gasteiger partial charge in [-0.05, 0) is 30.3 Å². The number of aromatic amines is 1. The van der Waals surface area contributed by atoms with Crippen molar-refractivity contribution in [1.82, 2.24) is 15.2 Å². The summed E-state index contributed by atoms with van der Waals surface area (Å²) >= 11 is 0. The van der Waals surface area contributed by atoms with Crippen LogP contribution in [0.25, 0.3) is 22.2 Å². The van der Waals surface area contributed by atoms with E-state index in [1.807, 2.05) is 12.1 Å². The molecule has 4 aromatic rings. The number of aromatic nitrogens is 3. The molecule has 0 radical (unpaired) electrons. The first kappa shape index (κ1) is 16.9. The molecule has 2 N–H and O–H groups in total. The highest BCUT2D eigenvalue weighted by molar-refractivity contribution is 5.93. The Hall–Kier alpha value is -3.55. The molecule has 0 spiro atoms. The van der Waals surface area contributed by atoms with Crippen LogP contribution in [0.1, 0.15) is 12.3 Å². The fourth-order valence-electron chi connectivity index (χ4n) is 2.70. The lowest BCUT2D eigenvalue weighted by molar-refractivity contribution is -0.116. The van der Waals surface area contributed by atoms with Gasteiger partial charge in [0.15, 0.2) is 11.7 Å². The molecule has 8 heteroatoms. The van der Waals surface area contributed by atoms with Crippen LogP contribution in [-0.4, -0.2) is 21.1 Å². The molecule has 0 aliphatic heterocycles. The van der Waals surface area contributed by atoms with E-state index >= 15 is 0 Å². The van der Waals surface area contributed by atoms with Gasteiger partial charge in [-0.1, -0.05) is 0 Å². The second-order valence-electron chi connectivity index (χ2n) is 5.96. The van der Waals surface area contributed by atoms with Gasteiger partial charge in [0.1, 0.15) is 11.6 Å². The first-order valence-electron chi connectivity index (χ1n) is 8.21. The quantitative estimate of drug-likeness (QED) is 0.556. The van der Waals surface area contributed by atoms with Gasteiger partial charge in [0.2, 0.25) is 5.91 Å². The highest BCUT2D eigenvalue weighted by atomic mass is 19.1. The predicted octanol–water partition coefficient (Wildman–Crippen LogP) is 4.07. The monoisotopic (exact) mass is 368 g/mol. The van der Waals surface area contributed by atoms with Crippen molar-refractivity contribution in [1.29, 1.82) is 0 Å². The summed E-state index contributed by atoms with van der Waals surface area (Å²) in [7, 11) is 0. The summed E-state index contributed by atoms with van der Waals surface area (Å²) in [5.41, 5.74) is 1.66. The minimum atomic E-state index is -0.731. The Kier molecular flexibility index (Phi) is 4.37. The summed E-state index contributed by atoms with van der Waals surface area (Å²) in [4.78, 5) is 16.2. The maximum absolute atomic E-state index is 13.8. The molecule has 0 fully saturated rings. The maximum Gasteiger partial charge on any atom is 0.224 e. The van der Waals surface area contributed by atoms with Crippen LogP contribution < -0.4 is 5.32 Å². The number of amides is 1. The lowest BCUT2D eigenvalue weighted by Gasteiger charge is -2.04. The number of fused-ring (bicyclic) bond motifs is 1. The van der Waals surface area contributed by atoms with E-state index in [-0.39, 0.29) is 30.1 Å². The maximum atomic E-state index is 13.8. The molecule has 2 aromatic carbocycles. The van der Waals surface area contributed by atoms with Crippen LogP contribution in [0.5, 0.6) is 0 Å². The molecule has 0 atom stereocenters. The van der Waals surface area contributed by atoms with Gasteiger partial charge in [-0.3, -0.25) is 9.89 Å². The summed E-state index contributed by atoms with van der Waals surface area (Å²) in [6.07, 6.45) is 3.43. The average Bonchev–Trinajstić information content (AvgIpc) is 3.28. The number of nitrogens with zero attached hydrogens (tertiary/aromatic N) is 2. The van der Waals surface area contributed by atoms with Crippen molar-refractivity contribution in [3.8, 4) is 11.3 Å². The van der Waals surface area contributed by atoms with Gasteiger partial charge in [0, 0.05) is 30.0 Å². The normalized spacial score (nSPS) is 11.0. The first-order chi connectivity index (χ1) is 13.1. The Morgan fingerprint density at radius 2 is 2.04 bits per heavy atom. The fraction of sp³-hybridized carbons (Fsp3) is 0.105. The molecule has 0 bridgehead atoms. The van der Waals surface area contributed by atoms with Gasteiger partial charge in [-0.15, -0.1) is 0 Å². The Labute approximate surface area is 152 Å². The van der Waals surface area contributed by atoms with E-state index in [4.69, 9.17) is 4.42 Å². The summed E-state index contributed by atoms with van der Waals surface area (Å²) in [5.74, 6) is -1.11. The Bertz CT molecular complexity index is 1120. The SMILES string of the molecule is O=C(CCc1ncc(-c2ccc(F)cc2F)o1)Nc1ccc2[nH]ncc2c1. The van der Waals surface area contributed by atoms with E-state index < -0.39 is 11.6 Å². The molecule has 2 aromatic heterocycles. The van der Waals surface area contributed by atoms with E-state index in [1.165, 1.54) is 12.3 Å². The van der Waals surface area contributed by atoms with E-state index in [0.29, 0.717) is 11.6 Å². The highest BCUT2D eigenvalue weighted by Crippen LogP contribution is 2.24. The Balaban J connectivity index is 1.38. The van der Waals surface area contributed by atoms with Crippen LogP contribution in [0.15, 0.2) is 53.2 Å². The molecular weight excluding hydrogens is 354 g/mol. The van der Waals surface area contributed by atoms with Crippen LogP contribution in [0.2, 0.25) is 0 Å². The number of anilines is 1. The molecule has 0 saturated carbocycles. The lowest BCUT2D eigenvalue weighted by Crippen LogP contribution is -2.12. The summed E-state index contributed by atoms with van der Waals surface area (Å²) < 4.78 is 32.3. The Morgan fingerprint density at radius 3 is 2.89 bits per heavy atom. The second-order valence-corrected chi connectivity index (χ2v) is 5.96. The van der Waals surface area contributed by atoms with Crippen molar-refractivity contribution in [2.45, 2.75) is 12.8 Å². The van der Waals surface area contributed by atoms with Crippen LogP contribution in [0.4, 0.5) is 14.5 Å². The van der Waals surface area contributed by atoms with Gasteiger partial charge in [-0.25, -0.2) is 13.8 Å². The molecule has 0 saturated heterocycles. The van der Waals surface area contributed by atoms with Crippen LogP contribution in [0, 0.1) is 11.6 Å². The number of hydrogen-bond donors (Lipinski definition) is 2. The third kappa shape index (κ3) is 3.69. The smallest absolute Gasteiger partial charge is 0.224 e. The van der Waals surface area contributed by atoms with Crippen LogP contribution in [-0.2, 0) is 11.2 Å². The molecule has 0 aliphatic rings. The van der Waals surface area contributed by atoms with E-state index in [9.17, 15) is 13.6 Å². The number of carbonyl (C=O) groups is 1. The minimum Gasteiger partial charge on any atom is -0.441 e. The fourth-order valence-corrected chi connectivity index (χ4v) is 2.70. The van der Waals surface area contributed by atoms with Crippen molar-refractivity contribution in [2.24, 2.45) is 0 Å². The number of aryl methyl sites for hydroxylation is 1. The largest absolute Gasteiger partial charge is 0.441 e. The number of H-pyrrole nitrogens is 1. The molecule has 4 rings (SSSR count). The van der Waals surface area contributed by atoms with Gasteiger partial charge in [-0.2, -0.15) is 5.10 Å². The molecule has 27 heavy (non-hydrogen) atoms. The summed E-state index contributed by atoms with van der Waals surface area (Å²) in [6.45, 7) is 0. The second kappa shape index (κ2) is 6.99. The van der Waals surface area contributed by atoms with E-state index in [2.05, 4.69) is 20.5 Å². The summed E-state index contributed by atoms with van der Waals surface area (Å²) in [5, 5.41) is 10.5. The van der Waals surface area contributed by atoms with Crippen LogP contribution in [0.3, 0.4) is 0 Å². The van der Waals surface area contributed by atoms with Crippen LogP contribution >= 0.6 is 0 Å². The molecule has 6 nitrogen and oxygen atoms in total. The number of rotatable bonds is 5. The zero-order chi connectivity index (χ0) is 18.8. The predicted molar refractivity (Wildman–Crippen MR) is 94.9 cm³/mol. The highest BCUT2D eigenvalue weighted by Gasteiger charge is 2.13. The van der Waals surface area contributed by atoms with Gasteiger partial charge < -0.3 is 9.73 Å². The number of hydrogen-bond acceptors (Lipinski definition) is 4. The number of benzene rings is 2. The summed E-state index contributed by atoms with van der Waals surface area (Å²) in [6, 6.07) is 8.63. The first-order valence-corrected chi connectivity index (χ1v) is 8.21. The number of oxazole rings is 1. The average molecular weight is 368 g/mol. The molecule has 0 aliphatic carbocycles. The third-order valence-corrected chi connectivity index (χ3v) is 4.04. The zero-order valence-corrected chi connectivity index (χ0v) is 14.0. The van der Waals surface area contributed by atoms with Crippen molar-refractivity contribution in [3.05, 3.63) is 66.3 Å². The molecule has 0 unspecified atom stereocenters. The van der Waals surface area contributed by atoms with Gasteiger partial charge >= 0.3 is 0 Å². The number of halogens is 2. The topological polar surface area (TPSA) is 83.8 Å². The van der Waals surface area contributed by atoms with Crippen molar-refractivity contribution < 1.29 is 18.0 Å². The third-order valence-electron chi connectivity index (χ3n) is 4.04. The Morgan fingerprint density at radius 1 is 1.15 bits per heavy atom. The van der Waals surface area contributed by atoms with Crippen molar-refractivity contribution in [2.75, 3.05) is 5.32 Å². The standard InChI is InChI=1S/C19H14F2N4O2/c20-12-1-3-14(15(21)8-12)17-10-22-19(27-17)6-5-18(26)24-13-2-4-16-11(7-13)9-23-25-16/h1-4,7-10H,5-6H2,(H,23,25)(H,24,26). The van der Waals surface area contributed by atoms with E-state index in [0.717, 1.165) is 23.0 Å². The molecule has 2 heterocycles. The minimum absolute atomic E-state index is 0.119. The molecular formula is C19H14F2N4O2. The number of nitrogens with one attached hydrogen (secondary N) is 2. The van der Waals surface area contributed by atoms with Gasteiger partial charge in [0.25, 0.3) is 0 Å². The van der Waals surface area contributed by atoms with E-state index in [1.54, 1.807) is 12.3 Å². The molecule has 1 amide bonds. The van der Waals surface area contributed by atoms with Crippen molar-refractivity contribution in [3.63, 3.8) is 0 Å². The van der Waals surface area contributed by atoms with Gasteiger partial charge in [0.05, 0.1) is 23.5 Å². The molecule has 136 valence electrons. The lowest BCUT2D eigenvalue weighted by atomic mass is 10.2.